The monoisotopic (exact) mass is 443 g/mol. The van der Waals surface area contributed by atoms with Crippen LogP contribution < -0.4 is 24.3 Å². The van der Waals surface area contributed by atoms with E-state index in [1.165, 1.54) is 0 Å². The quantitative estimate of drug-likeness (QED) is 0.366. The van der Waals surface area contributed by atoms with Crippen molar-refractivity contribution in [2.75, 3.05) is 26.6 Å². The van der Waals surface area contributed by atoms with Crippen LogP contribution in [0, 0.1) is 0 Å². The molecule has 168 valence electrons. The largest absolute Gasteiger partial charge is 0.493 e. The Morgan fingerprint density at radius 3 is 2.12 bits per heavy atom. The fourth-order valence-electron chi connectivity index (χ4n) is 3.32. The van der Waals surface area contributed by atoms with Gasteiger partial charge in [0.25, 0.3) is 0 Å². The van der Waals surface area contributed by atoms with Crippen molar-refractivity contribution in [1.82, 2.24) is 9.97 Å². The minimum atomic E-state index is 0.450. The van der Waals surface area contributed by atoms with Crippen LogP contribution in [0.4, 0.5) is 11.6 Å². The predicted octanol–water partition coefficient (Wildman–Crippen LogP) is 5.49. The van der Waals surface area contributed by atoms with Crippen molar-refractivity contribution in [3.05, 3.63) is 84.6 Å². The molecular formula is C26H25N3O4. The molecule has 4 aromatic rings. The number of hydrogen-bond donors (Lipinski definition) is 1. The first kappa shape index (κ1) is 22.0. The molecule has 4 rings (SSSR count). The fraction of sp³-hybridized carbons (Fsp3) is 0.154. The molecule has 0 saturated carbocycles. The Balaban J connectivity index is 1.49. The normalized spacial score (nSPS) is 10.4. The van der Waals surface area contributed by atoms with Gasteiger partial charge in [0.15, 0.2) is 11.5 Å². The number of ether oxygens (including phenoxy) is 4. The molecular weight excluding hydrogens is 418 g/mol. The second kappa shape index (κ2) is 10.4. The lowest BCUT2D eigenvalue weighted by molar-refractivity contribution is 0.306. The van der Waals surface area contributed by atoms with Crippen LogP contribution in [-0.2, 0) is 6.61 Å². The van der Waals surface area contributed by atoms with Gasteiger partial charge >= 0.3 is 0 Å². The molecule has 0 atom stereocenters. The van der Waals surface area contributed by atoms with Crippen molar-refractivity contribution in [3.8, 4) is 34.3 Å². The zero-order valence-corrected chi connectivity index (χ0v) is 18.7. The van der Waals surface area contributed by atoms with E-state index < -0.39 is 0 Å². The second-order valence-corrected chi connectivity index (χ2v) is 7.10. The average Bonchev–Trinajstić information content (AvgIpc) is 2.88. The number of rotatable bonds is 9. The van der Waals surface area contributed by atoms with E-state index in [-0.39, 0.29) is 0 Å². The molecule has 0 unspecified atom stereocenters. The molecule has 0 aliphatic carbocycles. The molecule has 7 nitrogen and oxygen atoms in total. The standard InChI is InChI=1S/C26H25N3O4/c1-30-23-15-20(16-24(31-2)25(23)32-3)28-26-27-14-13-22(29-26)19-9-11-21(12-10-19)33-17-18-7-5-4-6-8-18/h4-16H,17H2,1-3H3,(H,27,28,29). The van der Waals surface area contributed by atoms with Crippen molar-refractivity contribution >= 4 is 11.6 Å². The first-order valence-electron chi connectivity index (χ1n) is 10.4. The van der Waals surface area contributed by atoms with Crippen LogP contribution in [0.25, 0.3) is 11.3 Å². The summed E-state index contributed by atoms with van der Waals surface area (Å²) < 4.78 is 22.1. The maximum Gasteiger partial charge on any atom is 0.227 e. The SMILES string of the molecule is COc1cc(Nc2nccc(-c3ccc(OCc4ccccc4)cc3)n2)cc(OC)c1OC. The lowest BCUT2D eigenvalue weighted by atomic mass is 10.1. The van der Waals surface area contributed by atoms with Crippen molar-refractivity contribution in [2.24, 2.45) is 0 Å². The van der Waals surface area contributed by atoms with Crippen LogP contribution in [0.3, 0.4) is 0 Å². The molecule has 0 saturated heterocycles. The van der Waals surface area contributed by atoms with Gasteiger partial charge in [-0.2, -0.15) is 0 Å². The third-order valence-corrected chi connectivity index (χ3v) is 4.97. The minimum Gasteiger partial charge on any atom is -0.493 e. The summed E-state index contributed by atoms with van der Waals surface area (Å²) in [4.78, 5) is 8.97. The number of nitrogens with zero attached hydrogens (tertiary/aromatic N) is 2. The summed E-state index contributed by atoms with van der Waals surface area (Å²) in [6, 6.07) is 23.4. The van der Waals surface area contributed by atoms with Gasteiger partial charge in [0, 0.05) is 29.6 Å². The number of aromatic nitrogens is 2. The Kier molecular flexibility index (Phi) is 6.90. The van der Waals surface area contributed by atoms with Gasteiger partial charge in [0.1, 0.15) is 12.4 Å². The van der Waals surface area contributed by atoms with Crippen LogP contribution in [0.1, 0.15) is 5.56 Å². The zero-order chi connectivity index (χ0) is 23.0. The van der Waals surface area contributed by atoms with Crippen LogP contribution in [-0.4, -0.2) is 31.3 Å². The van der Waals surface area contributed by atoms with Gasteiger partial charge in [0.2, 0.25) is 11.7 Å². The van der Waals surface area contributed by atoms with Crippen molar-refractivity contribution in [2.45, 2.75) is 6.61 Å². The summed E-state index contributed by atoms with van der Waals surface area (Å²) in [5, 5.41) is 3.20. The van der Waals surface area contributed by atoms with Crippen LogP contribution >= 0.6 is 0 Å². The molecule has 7 heteroatoms. The molecule has 0 aliphatic rings. The van der Waals surface area contributed by atoms with Gasteiger partial charge in [-0.15, -0.1) is 0 Å². The van der Waals surface area contributed by atoms with Gasteiger partial charge < -0.3 is 24.3 Å². The number of hydrogen-bond acceptors (Lipinski definition) is 7. The van der Waals surface area contributed by atoms with E-state index in [2.05, 4.69) is 15.3 Å². The number of methoxy groups -OCH3 is 3. The summed E-state index contributed by atoms with van der Waals surface area (Å²) in [5.74, 6) is 2.86. The summed E-state index contributed by atoms with van der Waals surface area (Å²) >= 11 is 0. The van der Waals surface area contributed by atoms with Gasteiger partial charge in [0.05, 0.1) is 27.0 Å². The highest BCUT2D eigenvalue weighted by atomic mass is 16.5. The van der Waals surface area contributed by atoms with E-state index in [0.717, 1.165) is 22.6 Å². The van der Waals surface area contributed by atoms with E-state index in [0.29, 0.717) is 35.5 Å². The number of benzene rings is 3. The van der Waals surface area contributed by atoms with E-state index in [9.17, 15) is 0 Å². The third-order valence-electron chi connectivity index (χ3n) is 4.97. The van der Waals surface area contributed by atoms with E-state index in [1.54, 1.807) is 39.7 Å². The highest BCUT2D eigenvalue weighted by molar-refractivity contribution is 5.67. The fourth-order valence-corrected chi connectivity index (χ4v) is 3.32. The highest BCUT2D eigenvalue weighted by Crippen LogP contribution is 2.40. The molecule has 1 heterocycles. The topological polar surface area (TPSA) is 74.7 Å². The maximum absolute atomic E-state index is 5.87. The summed E-state index contributed by atoms with van der Waals surface area (Å²) in [6.07, 6.45) is 1.71. The molecule has 1 aromatic heterocycles. The van der Waals surface area contributed by atoms with Crippen LogP contribution in [0.2, 0.25) is 0 Å². The number of anilines is 2. The van der Waals surface area contributed by atoms with Gasteiger partial charge in [-0.05, 0) is 35.9 Å². The smallest absolute Gasteiger partial charge is 0.227 e. The number of nitrogens with one attached hydrogen (secondary N) is 1. The lowest BCUT2D eigenvalue weighted by Gasteiger charge is -2.14. The maximum atomic E-state index is 5.87. The van der Waals surface area contributed by atoms with Gasteiger partial charge in [-0.25, -0.2) is 9.97 Å². The predicted molar refractivity (Wildman–Crippen MR) is 128 cm³/mol. The van der Waals surface area contributed by atoms with E-state index in [4.69, 9.17) is 18.9 Å². The van der Waals surface area contributed by atoms with E-state index in [1.807, 2.05) is 60.7 Å². The molecule has 33 heavy (non-hydrogen) atoms. The third kappa shape index (κ3) is 5.33. The average molecular weight is 444 g/mol. The van der Waals surface area contributed by atoms with Crippen molar-refractivity contribution in [3.63, 3.8) is 0 Å². The Morgan fingerprint density at radius 2 is 1.48 bits per heavy atom. The van der Waals surface area contributed by atoms with Crippen LogP contribution in [0.5, 0.6) is 23.0 Å². The summed E-state index contributed by atoms with van der Waals surface area (Å²) in [7, 11) is 4.72. The molecule has 1 N–H and O–H groups in total. The molecule has 3 aromatic carbocycles. The summed E-state index contributed by atoms with van der Waals surface area (Å²) in [5.41, 5.74) is 3.58. The van der Waals surface area contributed by atoms with Crippen molar-refractivity contribution in [1.29, 1.82) is 0 Å². The van der Waals surface area contributed by atoms with Crippen molar-refractivity contribution < 1.29 is 18.9 Å². The molecule has 0 amide bonds. The molecule has 0 radical (unpaired) electrons. The second-order valence-electron chi connectivity index (χ2n) is 7.10. The minimum absolute atomic E-state index is 0.450. The van der Waals surface area contributed by atoms with Gasteiger partial charge in [-0.3, -0.25) is 0 Å². The van der Waals surface area contributed by atoms with Gasteiger partial charge in [-0.1, -0.05) is 30.3 Å². The molecule has 0 spiro atoms. The molecule has 0 aliphatic heterocycles. The van der Waals surface area contributed by atoms with E-state index >= 15 is 0 Å². The Morgan fingerprint density at radius 1 is 0.788 bits per heavy atom. The Bertz CT molecular complexity index is 1170. The Labute approximate surface area is 193 Å². The highest BCUT2D eigenvalue weighted by Gasteiger charge is 2.14. The molecule has 0 fully saturated rings. The summed E-state index contributed by atoms with van der Waals surface area (Å²) in [6.45, 7) is 0.524. The lowest BCUT2D eigenvalue weighted by Crippen LogP contribution is -2.01. The van der Waals surface area contributed by atoms with Crippen LogP contribution in [0.15, 0.2) is 79.0 Å². The Hall–Kier alpha value is -4.26. The first-order valence-corrected chi connectivity index (χ1v) is 10.4. The zero-order valence-electron chi connectivity index (χ0n) is 18.7. The molecule has 0 bridgehead atoms. The first-order chi connectivity index (χ1) is 16.2.